The minimum absolute atomic E-state index is 0.0715. The van der Waals surface area contributed by atoms with Gasteiger partial charge in [-0.3, -0.25) is 4.79 Å². The molecular weight excluding hydrogens is 444 g/mol. The largest absolute Gasteiger partial charge is 0.486 e. The van der Waals surface area contributed by atoms with Gasteiger partial charge in [0.2, 0.25) is 5.91 Å². The number of fused-ring (bicyclic) bond motifs is 2. The first-order valence-electron chi connectivity index (χ1n) is 11.8. The molecule has 0 unspecified atom stereocenters. The highest BCUT2D eigenvalue weighted by atomic mass is 32.2. The summed E-state index contributed by atoms with van der Waals surface area (Å²) in [4.78, 5) is 12.5. The molecule has 7 heteroatoms. The van der Waals surface area contributed by atoms with Crippen LogP contribution in [-0.2, 0) is 30.8 Å². The Kier molecular flexibility index (Phi) is 6.81. The first-order valence-corrected chi connectivity index (χ1v) is 12.8. The van der Waals surface area contributed by atoms with Gasteiger partial charge < -0.3 is 14.6 Å². The van der Waals surface area contributed by atoms with Crippen LogP contribution < -0.4 is 10.1 Å². The van der Waals surface area contributed by atoms with Crippen LogP contribution >= 0.6 is 11.8 Å². The fourth-order valence-electron chi connectivity index (χ4n) is 4.39. The number of nitrogens with zero attached hydrogens (tertiary/aromatic N) is 3. The molecule has 0 spiro atoms. The maximum Gasteiger partial charge on any atom is 0.234 e. The Morgan fingerprint density at radius 1 is 1.00 bits per heavy atom. The lowest BCUT2D eigenvalue weighted by atomic mass is 9.92. The second kappa shape index (κ2) is 10.3. The molecule has 174 valence electrons. The smallest absolute Gasteiger partial charge is 0.234 e. The molecule has 0 fully saturated rings. The minimum Gasteiger partial charge on any atom is -0.486 e. The zero-order valence-corrected chi connectivity index (χ0v) is 20.1. The fraction of sp³-hybridized carbons (Fsp3) is 0.296. The molecule has 0 atom stereocenters. The minimum atomic E-state index is -0.0715. The van der Waals surface area contributed by atoms with Gasteiger partial charge >= 0.3 is 0 Å². The van der Waals surface area contributed by atoms with Crippen molar-refractivity contribution in [3.05, 3.63) is 77.6 Å². The molecule has 6 nitrogen and oxygen atoms in total. The summed E-state index contributed by atoms with van der Waals surface area (Å²) in [6.07, 6.45) is 4.80. The van der Waals surface area contributed by atoms with Gasteiger partial charge in [-0.15, -0.1) is 10.2 Å². The van der Waals surface area contributed by atoms with E-state index in [-0.39, 0.29) is 11.7 Å². The molecule has 1 aromatic heterocycles. The molecule has 0 radical (unpaired) electrons. The third-order valence-electron chi connectivity index (χ3n) is 6.16. The van der Waals surface area contributed by atoms with Gasteiger partial charge in [-0.25, -0.2) is 0 Å². The van der Waals surface area contributed by atoms with Crippen molar-refractivity contribution in [2.24, 2.45) is 0 Å². The standard InChI is InChI=1S/C27H28N4O2S/c1-2-31-25(17-33-24-14-12-20-8-4-6-10-22(20)16-24)29-30-27(31)34-18-26(32)28-23-13-11-19-7-3-5-9-21(19)15-23/h3,5,7,9,11-16H,2,4,6,8,10,17-18H2,1H3,(H,28,32). The number of nitrogens with one attached hydrogen (secondary N) is 1. The highest BCUT2D eigenvalue weighted by molar-refractivity contribution is 7.99. The van der Waals surface area contributed by atoms with Crippen molar-refractivity contribution in [1.82, 2.24) is 14.8 Å². The highest BCUT2D eigenvalue weighted by Crippen LogP contribution is 2.26. The Morgan fingerprint density at radius 3 is 2.68 bits per heavy atom. The molecule has 4 aromatic rings. The number of amides is 1. The Labute approximate surface area is 203 Å². The second-order valence-corrected chi connectivity index (χ2v) is 9.41. The highest BCUT2D eigenvalue weighted by Gasteiger charge is 2.15. The molecule has 5 rings (SSSR count). The monoisotopic (exact) mass is 472 g/mol. The SMILES string of the molecule is CCn1c(COc2ccc3c(c2)CCCC3)nnc1SCC(=O)Nc1ccc2ccccc2c1. The lowest BCUT2D eigenvalue weighted by Crippen LogP contribution is -2.15. The maximum atomic E-state index is 12.5. The van der Waals surface area contributed by atoms with Crippen LogP contribution in [0, 0.1) is 0 Å². The molecule has 1 amide bonds. The van der Waals surface area contributed by atoms with Crippen LogP contribution in [0.15, 0.2) is 65.8 Å². The van der Waals surface area contributed by atoms with Crippen LogP contribution in [0.5, 0.6) is 5.75 Å². The van der Waals surface area contributed by atoms with Crippen molar-refractivity contribution in [2.45, 2.75) is 50.9 Å². The topological polar surface area (TPSA) is 69.0 Å². The van der Waals surface area contributed by atoms with Crippen molar-refractivity contribution in [2.75, 3.05) is 11.1 Å². The van der Waals surface area contributed by atoms with Crippen LogP contribution in [0.1, 0.15) is 36.7 Å². The molecule has 1 heterocycles. The molecule has 0 saturated heterocycles. The number of hydrogen-bond donors (Lipinski definition) is 1. The van der Waals surface area contributed by atoms with Crippen LogP contribution in [0.4, 0.5) is 5.69 Å². The van der Waals surface area contributed by atoms with E-state index in [4.69, 9.17) is 4.74 Å². The maximum absolute atomic E-state index is 12.5. The molecule has 3 aromatic carbocycles. The summed E-state index contributed by atoms with van der Waals surface area (Å²) in [6.45, 7) is 3.11. The number of carbonyl (C=O) groups excluding carboxylic acids is 1. The third kappa shape index (κ3) is 5.09. The molecule has 1 aliphatic carbocycles. The number of hydrogen-bond acceptors (Lipinski definition) is 5. The number of carbonyl (C=O) groups is 1. The first kappa shape index (κ1) is 22.5. The van der Waals surface area contributed by atoms with Gasteiger partial charge in [0.15, 0.2) is 11.0 Å². The number of aromatic nitrogens is 3. The second-order valence-electron chi connectivity index (χ2n) is 8.47. The summed E-state index contributed by atoms with van der Waals surface area (Å²) in [5.74, 6) is 1.82. The summed E-state index contributed by atoms with van der Waals surface area (Å²) >= 11 is 1.39. The molecule has 1 aliphatic rings. The number of thioether (sulfide) groups is 1. The van der Waals surface area contributed by atoms with Crippen molar-refractivity contribution in [1.29, 1.82) is 0 Å². The summed E-state index contributed by atoms with van der Waals surface area (Å²) < 4.78 is 8.05. The van der Waals surface area contributed by atoms with E-state index in [0.29, 0.717) is 13.2 Å². The summed E-state index contributed by atoms with van der Waals surface area (Å²) in [5.41, 5.74) is 3.63. The molecule has 0 aliphatic heterocycles. The summed E-state index contributed by atoms with van der Waals surface area (Å²) in [7, 11) is 0. The van der Waals surface area contributed by atoms with Gasteiger partial charge in [-0.2, -0.15) is 0 Å². The quantitative estimate of drug-likeness (QED) is 0.336. The van der Waals surface area contributed by atoms with Gasteiger partial charge in [0, 0.05) is 12.2 Å². The van der Waals surface area contributed by atoms with Crippen molar-refractivity contribution in [3.8, 4) is 5.75 Å². The van der Waals surface area contributed by atoms with E-state index in [1.807, 2.05) is 54.0 Å². The van der Waals surface area contributed by atoms with E-state index < -0.39 is 0 Å². The van der Waals surface area contributed by atoms with E-state index in [9.17, 15) is 4.79 Å². The number of anilines is 1. The van der Waals surface area contributed by atoms with Gasteiger partial charge in [0.05, 0.1) is 5.75 Å². The van der Waals surface area contributed by atoms with Crippen molar-refractivity contribution < 1.29 is 9.53 Å². The van der Waals surface area contributed by atoms with E-state index in [0.717, 1.165) is 46.0 Å². The van der Waals surface area contributed by atoms with Gasteiger partial charge in [-0.05, 0) is 78.8 Å². The van der Waals surface area contributed by atoms with Crippen molar-refractivity contribution in [3.63, 3.8) is 0 Å². The van der Waals surface area contributed by atoms with Crippen LogP contribution in [0.25, 0.3) is 10.8 Å². The number of ether oxygens (including phenoxy) is 1. The van der Waals surface area contributed by atoms with Gasteiger partial charge in [-0.1, -0.05) is 48.2 Å². The van der Waals surface area contributed by atoms with E-state index in [1.54, 1.807) is 0 Å². The number of rotatable bonds is 8. The molecular formula is C27H28N4O2S. The van der Waals surface area contributed by atoms with Gasteiger partial charge in [0.1, 0.15) is 12.4 Å². The molecule has 34 heavy (non-hydrogen) atoms. The van der Waals surface area contributed by atoms with Crippen molar-refractivity contribution >= 4 is 34.1 Å². The zero-order valence-electron chi connectivity index (χ0n) is 19.3. The molecule has 1 N–H and O–H groups in total. The van der Waals surface area contributed by atoms with Crippen LogP contribution in [0.3, 0.4) is 0 Å². The Balaban J connectivity index is 1.18. The van der Waals surface area contributed by atoms with Crippen LogP contribution in [0.2, 0.25) is 0 Å². The van der Waals surface area contributed by atoms with Gasteiger partial charge in [0.25, 0.3) is 0 Å². The average molecular weight is 473 g/mol. The number of benzene rings is 3. The Morgan fingerprint density at radius 2 is 1.82 bits per heavy atom. The fourth-order valence-corrected chi connectivity index (χ4v) is 5.21. The summed E-state index contributed by atoms with van der Waals surface area (Å²) in [5, 5.41) is 14.6. The summed E-state index contributed by atoms with van der Waals surface area (Å²) in [6, 6.07) is 20.4. The number of aryl methyl sites for hydroxylation is 2. The van der Waals surface area contributed by atoms with E-state index >= 15 is 0 Å². The predicted molar refractivity (Wildman–Crippen MR) is 136 cm³/mol. The average Bonchev–Trinajstić information content (AvgIpc) is 3.27. The third-order valence-corrected chi connectivity index (χ3v) is 7.13. The van der Waals surface area contributed by atoms with Crippen LogP contribution in [-0.4, -0.2) is 26.4 Å². The van der Waals surface area contributed by atoms with E-state index in [2.05, 4.69) is 33.7 Å². The Bertz CT molecular complexity index is 1320. The first-order chi connectivity index (χ1) is 16.7. The normalized spacial score (nSPS) is 13.0. The lowest BCUT2D eigenvalue weighted by Gasteiger charge is -2.16. The lowest BCUT2D eigenvalue weighted by molar-refractivity contribution is -0.113. The molecule has 0 saturated carbocycles. The predicted octanol–water partition coefficient (Wildman–Crippen LogP) is 5.64. The van der Waals surface area contributed by atoms with E-state index in [1.165, 1.54) is 35.7 Å². The zero-order chi connectivity index (χ0) is 23.3. The Hall–Kier alpha value is -3.32. The molecule has 0 bridgehead atoms.